The van der Waals surface area contributed by atoms with Crippen LogP contribution in [0.5, 0.6) is 0 Å². The fourth-order valence-electron chi connectivity index (χ4n) is 4.66. The van der Waals surface area contributed by atoms with Crippen molar-refractivity contribution in [2.24, 2.45) is 4.99 Å². The second-order valence-electron chi connectivity index (χ2n) is 8.62. The summed E-state index contributed by atoms with van der Waals surface area (Å²) < 4.78 is 0. The number of aliphatic imine (C=N–C) groups is 1. The molecule has 3 heterocycles. The molecule has 3 amide bonds. The van der Waals surface area contributed by atoms with Crippen LogP contribution in [0, 0.1) is 6.92 Å². The molecular weight excluding hydrogens is 378 g/mol. The molecule has 0 radical (unpaired) electrons. The van der Waals surface area contributed by atoms with Crippen LogP contribution in [0.3, 0.4) is 0 Å². The maximum absolute atomic E-state index is 13.3. The Balaban J connectivity index is 1.45. The highest BCUT2D eigenvalue weighted by molar-refractivity contribution is 6.07. The normalized spacial score (nSPS) is 23.2. The highest BCUT2D eigenvalue weighted by atomic mass is 16.2. The summed E-state index contributed by atoms with van der Waals surface area (Å²) >= 11 is 0. The summed E-state index contributed by atoms with van der Waals surface area (Å²) in [5.41, 5.74) is 2.29. The molecule has 7 heteroatoms. The average Bonchev–Trinajstić information content (AvgIpc) is 3.31. The zero-order chi connectivity index (χ0) is 21.3. The molecule has 1 aromatic rings. The number of unbranched alkanes of at least 4 members (excludes halogenated alkanes) is 5. The van der Waals surface area contributed by atoms with Crippen LogP contribution in [-0.4, -0.2) is 71.5 Å². The third-order valence-corrected chi connectivity index (χ3v) is 6.46. The van der Waals surface area contributed by atoms with Crippen molar-refractivity contribution in [3.63, 3.8) is 0 Å². The van der Waals surface area contributed by atoms with Gasteiger partial charge >= 0.3 is 6.03 Å². The quantitative estimate of drug-likeness (QED) is 0.615. The third kappa shape index (κ3) is 3.66. The molecule has 3 aliphatic rings. The predicted octanol–water partition coefficient (Wildman–Crippen LogP) is 3.44. The number of fused-ring (bicyclic) bond motifs is 3. The number of urea groups is 1. The standard InChI is InChI=1S/C23H33N5O2/c1-4-5-6-7-8-9-14-28-21(29)19-20(25(3)23(28)30)24-22-26(15-16-27(19)22)18-12-10-17(2)11-13-18/h10-13,19-20H,4-9,14-16H2,1-3H3. The monoisotopic (exact) mass is 411 g/mol. The Morgan fingerprint density at radius 3 is 2.43 bits per heavy atom. The van der Waals surface area contributed by atoms with E-state index in [1.54, 1.807) is 11.9 Å². The van der Waals surface area contributed by atoms with Gasteiger partial charge in [0.05, 0.1) is 0 Å². The van der Waals surface area contributed by atoms with Gasteiger partial charge < -0.3 is 14.7 Å². The highest BCUT2D eigenvalue weighted by Gasteiger charge is 2.54. The van der Waals surface area contributed by atoms with Gasteiger partial charge in [-0.1, -0.05) is 56.7 Å². The van der Waals surface area contributed by atoms with E-state index in [9.17, 15) is 9.59 Å². The van der Waals surface area contributed by atoms with Gasteiger partial charge in [-0.25, -0.2) is 9.79 Å². The summed E-state index contributed by atoms with van der Waals surface area (Å²) in [6.45, 7) is 6.31. The summed E-state index contributed by atoms with van der Waals surface area (Å²) in [6.07, 6.45) is 6.35. The Morgan fingerprint density at radius 2 is 1.70 bits per heavy atom. The summed E-state index contributed by atoms with van der Waals surface area (Å²) in [7, 11) is 1.77. The first kappa shape index (κ1) is 20.7. The minimum atomic E-state index is -0.436. The Morgan fingerprint density at radius 1 is 1.00 bits per heavy atom. The van der Waals surface area contributed by atoms with Gasteiger partial charge in [-0.15, -0.1) is 0 Å². The minimum absolute atomic E-state index is 0.0961. The molecule has 2 fully saturated rings. The largest absolute Gasteiger partial charge is 0.328 e. The van der Waals surface area contributed by atoms with E-state index < -0.39 is 12.2 Å². The lowest BCUT2D eigenvalue weighted by molar-refractivity contribution is -0.137. The lowest BCUT2D eigenvalue weighted by atomic mass is 10.1. The van der Waals surface area contributed by atoms with E-state index in [4.69, 9.17) is 4.99 Å². The number of anilines is 1. The van der Waals surface area contributed by atoms with Crippen molar-refractivity contribution in [1.29, 1.82) is 0 Å². The fraction of sp³-hybridized carbons (Fsp3) is 0.609. The van der Waals surface area contributed by atoms with Gasteiger partial charge in [0.1, 0.15) is 0 Å². The Kier molecular flexibility index (Phi) is 5.97. The molecule has 4 rings (SSSR count). The van der Waals surface area contributed by atoms with Crippen molar-refractivity contribution in [1.82, 2.24) is 14.7 Å². The van der Waals surface area contributed by atoms with Crippen molar-refractivity contribution in [3.8, 4) is 0 Å². The van der Waals surface area contributed by atoms with Gasteiger partial charge in [0, 0.05) is 32.4 Å². The van der Waals surface area contributed by atoms with Crippen molar-refractivity contribution in [2.75, 3.05) is 31.6 Å². The van der Waals surface area contributed by atoms with E-state index in [1.807, 2.05) is 0 Å². The van der Waals surface area contributed by atoms with Gasteiger partial charge in [0.15, 0.2) is 12.2 Å². The molecule has 0 aliphatic carbocycles. The fourth-order valence-corrected chi connectivity index (χ4v) is 4.66. The van der Waals surface area contributed by atoms with Crippen LogP contribution >= 0.6 is 0 Å². The van der Waals surface area contributed by atoms with Crippen molar-refractivity contribution >= 4 is 23.6 Å². The van der Waals surface area contributed by atoms with Crippen LogP contribution in [0.25, 0.3) is 0 Å². The second-order valence-corrected chi connectivity index (χ2v) is 8.62. The molecule has 2 saturated heterocycles. The average molecular weight is 412 g/mol. The minimum Gasteiger partial charge on any atom is -0.325 e. The molecule has 0 spiro atoms. The molecule has 3 aliphatic heterocycles. The maximum Gasteiger partial charge on any atom is 0.328 e. The first-order valence-electron chi connectivity index (χ1n) is 11.3. The van der Waals surface area contributed by atoms with Crippen LogP contribution in [0.2, 0.25) is 0 Å². The summed E-state index contributed by atoms with van der Waals surface area (Å²) in [6, 6.07) is 7.73. The number of rotatable bonds is 8. The zero-order valence-electron chi connectivity index (χ0n) is 18.4. The second kappa shape index (κ2) is 8.66. The lowest BCUT2D eigenvalue weighted by Gasteiger charge is -2.40. The first-order valence-corrected chi connectivity index (χ1v) is 11.3. The number of likely N-dealkylation sites (N-methyl/N-ethyl adjacent to an activating group) is 1. The van der Waals surface area contributed by atoms with Crippen LogP contribution in [0.4, 0.5) is 10.5 Å². The molecule has 0 bridgehead atoms. The van der Waals surface area contributed by atoms with E-state index in [2.05, 4.69) is 47.9 Å². The molecule has 1 aromatic carbocycles. The molecule has 2 unspecified atom stereocenters. The molecule has 2 atom stereocenters. The SMILES string of the molecule is CCCCCCCCN1C(=O)C2C(N=C3N(c4ccc(C)cc4)CCN32)N(C)C1=O. The summed E-state index contributed by atoms with van der Waals surface area (Å²) in [5, 5.41) is 0. The third-order valence-electron chi connectivity index (χ3n) is 6.46. The predicted molar refractivity (Wildman–Crippen MR) is 118 cm³/mol. The topological polar surface area (TPSA) is 59.5 Å². The number of carbonyl (C=O) groups is 2. The lowest BCUT2D eigenvalue weighted by Crippen LogP contribution is -2.64. The van der Waals surface area contributed by atoms with Crippen LogP contribution in [0.15, 0.2) is 29.3 Å². The number of benzene rings is 1. The number of guanidine groups is 1. The molecule has 0 saturated carbocycles. The highest BCUT2D eigenvalue weighted by Crippen LogP contribution is 2.33. The van der Waals surface area contributed by atoms with E-state index in [1.165, 1.54) is 29.7 Å². The molecule has 162 valence electrons. The van der Waals surface area contributed by atoms with Crippen LogP contribution in [0.1, 0.15) is 51.0 Å². The first-order chi connectivity index (χ1) is 14.5. The van der Waals surface area contributed by atoms with E-state index in [-0.39, 0.29) is 11.9 Å². The molecule has 0 N–H and O–H groups in total. The number of aryl methyl sites for hydroxylation is 1. The Labute approximate surface area is 179 Å². The molecular formula is C23H33N5O2. The van der Waals surface area contributed by atoms with Crippen molar-refractivity contribution in [2.45, 2.75) is 64.6 Å². The van der Waals surface area contributed by atoms with Crippen molar-refractivity contribution < 1.29 is 9.59 Å². The van der Waals surface area contributed by atoms with Gasteiger partial charge in [-0.3, -0.25) is 9.69 Å². The van der Waals surface area contributed by atoms with E-state index in [0.717, 1.165) is 44.0 Å². The van der Waals surface area contributed by atoms with Crippen molar-refractivity contribution in [3.05, 3.63) is 29.8 Å². The molecule has 0 aromatic heterocycles. The van der Waals surface area contributed by atoms with Gasteiger partial charge in [0.25, 0.3) is 5.91 Å². The Bertz CT molecular complexity index is 821. The molecule has 7 nitrogen and oxygen atoms in total. The number of hydrogen-bond donors (Lipinski definition) is 0. The van der Waals surface area contributed by atoms with Crippen LogP contribution in [-0.2, 0) is 4.79 Å². The molecule has 30 heavy (non-hydrogen) atoms. The number of nitrogens with zero attached hydrogens (tertiary/aromatic N) is 5. The summed E-state index contributed by atoms with van der Waals surface area (Å²) in [5.74, 6) is 0.712. The Hall–Kier alpha value is -2.57. The smallest absolute Gasteiger partial charge is 0.325 e. The number of amides is 3. The van der Waals surface area contributed by atoms with E-state index in [0.29, 0.717) is 6.54 Å². The number of carbonyl (C=O) groups excluding carboxylic acids is 2. The summed E-state index contributed by atoms with van der Waals surface area (Å²) in [4.78, 5) is 38.3. The van der Waals surface area contributed by atoms with Gasteiger partial charge in [0.2, 0.25) is 5.96 Å². The number of imide groups is 1. The zero-order valence-corrected chi connectivity index (χ0v) is 18.4. The van der Waals surface area contributed by atoms with Crippen LogP contribution < -0.4 is 4.90 Å². The van der Waals surface area contributed by atoms with Gasteiger partial charge in [-0.2, -0.15) is 0 Å². The van der Waals surface area contributed by atoms with E-state index >= 15 is 0 Å². The van der Waals surface area contributed by atoms with Gasteiger partial charge in [-0.05, 0) is 25.5 Å². The maximum atomic E-state index is 13.3. The number of hydrogen-bond acceptors (Lipinski definition) is 5.